The molecule has 2 aromatic rings. The Morgan fingerprint density at radius 1 is 1.00 bits per heavy atom. The summed E-state index contributed by atoms with van der Waals surface area (Å²) in [4.78, 5) is 0. The molecule has 0 aliphatic heterocycles. The molecule has 0 saturated heterocycles. The Labute approximate surface area is 87.5 Å². The van der Waals surface area contributed by atoms with Gasteiger partial charge in [0.25, 0.3) is 0 Å². The largest absolute Gasteiger partial charge is 0.384 e. The quantitative estimate of drug-likeness (QED) is 0.544. The lowest BCUT2D eigenvalue weighted by Gasteiger charge is -1.93. The van der Waals surface area contributed by atoms with Crippen LogP contribution in [0.1, 0.15) is 5.56 Å². The normalized spacial score (nSPS) is 8.57. The maximum Gasteiger partial charge on any atom is 0.122 e. The van der Waals surface area contributed by atoms with Gasteiger partial charge in [-0.2, -0.15) is 11.3 Å². The monoisotopic (exact) mass is 204 g/mol. The van der Waals surface area contributed by atoms with Gasteiger partial charge in [-0.1, -0.05) is 42.5 Å². The summed E-state index contributed by atoms with van der Waals surface area (Å²) in [6.45, 7) is 0. The molecule has 1 heterocycles. The van der Waals surface area contributed by atoms with Gasteiger partial charge in [0.2, 0.25) is 0 Å². The van der Waals surface area contributed by atoms with Crippen LogP contribution >= 0.6 is 11.3 Å². The van der Waals surface area contributed by atoms with Crippen LogP contribution in [0.15, 0.2) is 53.2 Å². The van der Waals surface area contributed by atoms with Crippen molar-refractivity contribution in [2.24, 2.45) is 5.73 Å². The third-order valence-corrected chi connectivity index (χ3v) is 2.14. The fourth-order valence-corrected chi connectivity index (χ4v) is 1.30. The summed E-state index contributed by atoms with van der Waals surface area (Å²) in [5.41, 5.74) is 5.97. The van der Waals surface area contributed by atoms with E-state index >= 15 is 0 Å². The van der Waals surface area contributed by atoms with Crippen molar-refractivity contribution < 1.29 is 0 Å². The molecule has 0 atom stereocenters. The molecule has 0 aliphatic carbocycles. The molecule has 0 spiro atoms. The number of nitrogen functional groups attached to an aromatic ring is 1. The van der Waals surface area contributed by atoms with Crippen LogP contribution in [0.4, 0.5) is 0 Å². The topological polar surface area (TPSA) is 49.9 Å². The van der Waals surface area contributed by atoms with Crippen LogP contribution in [0.3, 0.4) is 0 Å². The fourth-order valence-electron chi connectivity index (χ4n) is 0.845. The Morgan fingerprint density at radius 2 is 1.57 bits per heavy atom. The molecule has 0 unspecified atom stereocenters. The lowest BCUT2D eigenvalue weighted by molar-refractivity contribution is 1.42. The van der Waals surface area contributed by atoms with Gasteiger partial charge in [0.1, 0.15) is 5.84 Å². The van der Waals surface area contributed by atoms with E-state index in [4.69, 9.17) is 11.1 Å². The second kappa shape index (κ2) is 5.94. The summed E-state index contributed by atoms with van der Waals surface area (Å²) in [6.07, 6.45) is 0. The highest BCUT2D eigenvalue weighted by Crippen LogP contribution is 1.94. The van der Waals surface area contributed by atoms with E-state index < -0.39 is 0 Å². The number of nitrogens with one attached hydrogen (secondary N) is 1. The second-order valence-electron chi connectivity index (χ2n) is 2.57. The minimum Gasteiger partial charge on any atom is -0.384 e. The van der Waals surface area contributed by atoms with E-state index in [0.717, 1.165) is 5.56 Å². The van der Waals surface area contributed by atoms with Gasteiger partial charge in [-0.3, -0.25) is 5.41 Å². The molecule has 2 rings (SSSR count). The van der Waals surface area contributed by atoms with Gasteiger partial charge in [-0.05, 0) is 10.8 Å². The van der Waals surface area contributed by atoms with Gasteiger partial charge >= 0.3 is 0 Å². The van der Waals surface area contributed by atoms with Gasteiger partial charge in [0, 0.05) is 5.56 Å². The lowest BCUT2D eigenvalue weighted by Crippen LogP contribution is -2.10. The van der Waals surface area contributed by atoms with Crippen LogP contribution in [0.5, 0.6) is 0 Å². The van der Waals surface area contributed by atoms with E-state index in [1.165, 1.54) is 0 Å². The smallest absolute Gasteiger partial charge is 0.122 e. The first kappa shape index (κ1) is 10.5. The number of hydrogen-bond acceptors (Lipinski definition) is 2. The van der Waals surface area contributed by atoms with Gasteiger partial charge in [0.15, 0.2) is 0 Å². The molecule has 3 N–H and O–H groups in total. The molecule has 0 saturated carbocycles. The molecule has 2 nitrogen and oxygen atoms in total. The Balaban J connectivity index is 0.000000165. The van der Waals surface area contributed by atoms with Crippen molar-refractivity contribution in [2.45, 2.75) is 0 Å². The lowest BCUT2D eigenvalue weighted by atomic mass is 10.2. The van der Waals surface area contributed by atoms with E-state index in [-0.39, 0.29) is 5.84 Å². The molecule has 3 heteroatoms. The highest BCUT2D eigenvalue weighted by molar-refractivity contribution is 7.07. The van der Waals surface area contributed by atoms with E-state index in [1.807, 2.05) is 53.2 Å². The third kappa shape index (κ3) is 3.87. The third-order valence-electron chi connectivity index (χ3n) is 1.51. The zero-order chi connectivity index (χ0) is 10.2. The molecule has 0 aliphatic rings. The molecule has 1 aromatic carbocycles. The first-order valence-electron chi connectivity index (χ1n) is 4.17. The molecular weight excluding hydrogens is 192 g/mol. The van der Waals surface area contributed by atoms with Crippen LogP contribution in [-0.4, -0.2) is 5.84 Å². The SMILES string of the molecule is N=C(N)c1ccccc1.c1ccsc1. The zero-order valence-corrected chi connectivity index (χ0v) is 8.50. The molecule has 0 bridgehead atoms. The first-order chi connectivity index (χ1) is 6.80. The highest BCUT2D eigenvalue weighted by atomic mass is 32.1. The van der Waals surface area contributed by atoms with Crippen molar-refractivity contribution in [1.82, 2.24) is 0 Å². The number of amidine groups is 1. The predicted octanol–water partition coefficient (Wildman–Crippen LogP) is 2.72. The first-order valence-corrected chi connectivity index (χ1v) is 5.11. The Kier molecular flexibility index (Phi) is 4.44. The van der Waals surface area contributed by atoms with Crippen molar-refractivity contribution >= 4 is 17.2 Å². The summed E-state index contributed by atoms with van der Waals surface area (Å²) in [6, 6.07) is 13.3. The number of rotatable bonds is 1. The molecular formula is C11H12N2S. The minimum atomic E-state index is 0.121. The average Bonchev–Trinajstić information content (AvgIpc) is 2.77. The van der Waals surface area contributed by atoms with Crippen LogP contribution in [-0.2, 0) is 0 Å². The molecule has 0 fully saturated rings. The van der Waals surface area contributed by atoms with Crippen molar-refractivity contribution in [2.75, 3.05) is 0 Å². The van der Waals surface area contributed by atoms with E-state index in [9.17, 15) is 0 Å². The van der Waals surface area contributed by atoms with Gasteiger partial charge in [-0.15, -0.1) is 0 Å². The maximum atomic E-state index is 7.01. The number of thiophene rings is 1. The second-order valence-corrected chi connectivity index (χ2v) is 3.39. The van der Waals surface area contributed by atoms with Crippen molar-refractivity contribution in [1.29, 1.82) is 5.41 Å². The number of hydrogen-bond donors (Lipinski definition) is 2. The molecule has 1 aromatic heterocycles. The van der Waals surface area contributed by atoms with Gasteiger partial charge in [-0.25, -0.2) is 0 Å². The van der Waals surface area contributed by atoms with Crippen LogP contribution in [0.25, 0.3) is 0 Å². The zero-order valence-electron chi connectivity index (χ0n) is 7.68. The van der Waals surface area contributed by atoms with E-state index in [0.29, 0.717) is 0 Å². The van der Waals surface area contributed by atoms with E-state index in [2.05, 4.69) is 0 Å². The predicted molar refractivity (Wildman–Crippen MR) is 61.8 cm³/mol. The number of nitrogens with two attached hydrogens (primary N) is 1. The van der Waals surface area contributed by atoms with Crippen LogP contribution in [0, 0.1) is 5.41 Å². The summed E-state index contributed by atoms with van der Waals surface area (Å²) >= 11 is 1.71. The highest BCUT2D eigenvalue weighted by Gasteiger charge is 1.89. The Bertz CT molecular complexity index is 337. The molecule has 0 amide bonds. The summed E-state index contributed by atoms with van der Waals surface area (Å²) < 4.78 is 0. The average molecular weight is 204 g/mol. The minimum absolute atomic E-state index is 0.121. The molecule has 0 radical (unpaired) electrons. The van der Waals surface area contributed by atoms with Crippen molar-refractivity contribution in [3.05, 3.63) is 58.8 Å². The Morgan fingerprint density at radius 3 is 1.86 bits per heavy atom. The molecule has 14 heavy (non-hydrogen) atoms. The van der Waals surface area contributed by atoms with E-state index in [1.54, 1.807) is 11.3 Å². The maximum absolute atomic E-state index is 7.01. The summed E-state index contributed by atoms with van der Waals surface area (Å²) in [5.74, 6) is 0.121. The van der Waals surface area contributed by atoms with Crippen LogP contribution in [0.2, 0.25) is 0 Å². The molecule has 72 valence electrons. The Hall–Kier alpha value is -1.61. The summed E-state index contributed by atoms with van der Waals surface area (Å²) in [5, 5.41) is 11.1. The summed E-state index contributed by atoms with van der Waals surface area (Å²) in [7, 11) is 0. The number of benzene rings is 1. The fraction of sp³-hybridized carbons (Fsp3) is 0. The van der Waals surface area contributed by atoms with Gasteiger partial charge < -0.3 is 5.73 Å². The van der Waals surface area contributed by atoms with Crippen molar-refractivity contribution in [3.8, 4) is 0 Å². The van der Waals surface area contributed by atoms with Crippen LogP contribution < -0.4 is 5.73 Å². The van der Waals surface area contributed by atoms with Crippen molar-refractivity contribution in [3.63, 3.8) is 0 Å². The van der Waals surface area contributed by atoms with Gasteiger partial charge in [0.05, 0.1) is 0 Å². The standard InChI is InChI=1S/C7H8N2.C4H4S/c8-7(9)6-4-2-1-3-5-6;1-2-4-5-3-1/h1-5H,(H3,8,9);1-4H.